The maximum Gasteiger partial charge on any atom is 0.338 e. The summed E-state index contributed by atoms with van der Waals surface area (Å²) in [6, 6.07) is 3.59. The maximum atomic E-state index is 14.6. The van der Waals surface area contributed by atoms with Gasteiger partial charge in [0.05, 0.1) is 29.4 Å². The first-order valence-corrected chi connectivity index (χ1v) is 13.6. The molecule has 0 bridgehead atoms. The minimum absolute atomic E-state index is 0.00321. The van der Waals surface area contributed by atoms with E-state index in [1.54, 1.807) is 25.3 Å². The van der Waals surface area contributed by atoms with Gasteiger partial charge in [-0.25, -0.2) is 14.2 Å². The van der Waals surface area contributed by atoms with Crippen molar-refractivity contribution in [2.24, 2.45) is 4.99 Å². The van der Waals surface area contributed by atoms with Gasteiger partial charge in [0.25, 0.3) is 0 Å². The number of aliphatic imine (C=N–C) groups is 1. The second-order valence-corrected chi connectivity index (χ2v) is 10.3. The first kappa shape index (κ1) is 27.4. The van der Waals surface area contributed by atoms with Crippen molar-refractivity contribution < 1.29 is 28.6 Å². The number of aliphatic carboxylic acids is 1. The summed E-state index contributed by atoms with van der Waals surface area (Å²) in [5, 5.41) is 15.0. The fraction of sp³-hybridized carbons (Fsp3) is 0.440. The lowest BCUT2D eigenvalue weighted by Gasteiger charge is -2.41. The van der Waals surface area contributed by atoms with Gasteiger partial charge in [-0.1, -0.05) is 12.1 Å². The Hall–Kier alpha value is -2.67. The quantitative estimate of drug-likeness (QED) is 0.420. The molecule has 4 rings (SSSR count). The number of carboxylic acids is 1. The Morgan fingerprint density at radius 2 is 2.22 bits per heavy atom. The van der Waals surface area contributed by atoms with Crippen LogP contribution in [0.5, 0.6) is 0 Å². The lowest BCUT2D eigenvalue weighted by Crippen LogP contribution is -2.52. The molecule has 0 amide bonds. The van der Waals surface area contributed by atoms with E-state index in [2.05, 4.69) is 31.1 Å². The third kappa shape index (κ3) is 6.25. The molecule has 3 heterocycles. The molecule has 2 N–H and O–H groups in total. The van der Waals surface area contributed by atoms with E-state index in [0.29, 0.717) is 48.2 Å². The number of thiazole rings is 1. The topological polar surface area (TPSA) is 113 Å². The van der Waals surface area contributed by atoms with Crippen LogP contribution < -0.4 is 5.32 Å². The molecule has 12 heteroatoms. The summed E-state index contributed by atoms with van der Waals surface area (Å²) in [6.07, 6.45) is 1.86. The van der Waals surface area contributed by atoms with Gasteiger partial charge in [-0.3, -0.25) is 14.7 Å². The molecular formula is C25H28BrFN4O5S. The molecule has 37 heavy (non-hydrogen) atoms. The predicted molar refractivity (Wildman–Crippen MR) is 140 cm³/mol. The number of nitrogens with zero attached hydrogens (tertiary/aromatic N) is 3. The van der Waals surface area contributed by atoms with Gasteiger partial charge in [0.15, 0.2) is 10.8 Å². The molecule has 2 aliphatic rings. The molecule has 0 radical (unpaired) electrons. The van der Waals surface area contributed by atoms with Gasteiger partial charge in [-0.05, 0) is 47.8 Å². The first-order chi connectivity index (χ1) is 17.8. The second kappa shape index (κ2) is 12.2. The van der Waals surface area contributed by atoms with Crippen molar-refractivity contribution in [3.05, 3.63) is 61.9 Å². The number of halogens is 2. The van der Waals surface area contributed by atoms with Crippen LogP contribution in [-0.4, -0.2) is 71.2 Å². The van der Waals surface area contributed by atoms with Gasteiger partial charge in [-0.2, -0.15) is 0 Å². The lowest BCUT2D eigenvalue weighted by molar-refractivity contribution is -0.139. The molecule has 1 saturated heterocycles. The van der Waals surface area contributed by atoms with Crippen LogP contribution in [0.25, 0.3) is 0 Å². The highest BCUT2D eigenvalue weighted by Gasteiger charge is 2.37. The Morgan fingerprint density at radius 1 is 1.41 bits per heavy atom. The fourth-order valence-electron chi connectivity index (χ4n) is 4.59. The Labute approximate surface area is 226 Å². The van der Waals surface area contributed by atoms with E-state index in [-0.39, 0.29) is 35.2 Å². The van der Waals surface area contributed by atoms with Crippen LogP contribution in [0.4, 0.5) is 4.39 Å². The summed E-state index contributed by atoms with van der Waals surface area (Å²) < 4.78 is 26.0. The van der Waals surface area contributed by atoms with Gasteiger partial charge in [0.1, 0.15) is 11.9 Å². The zero-order valence-corrected chi connectivity index (χ0v) is 22.8. The first-order valence-electron chi connectivity index (χ1n) is 12.0. The summed E-state index contributed by atoms with van der Waals surface area (Å²) in [5.41, 5.74) is 1.30. The van der Waals surface area contributed by atoms with E-state index >= 15 is 0 Å². The van der Waals surface area contributed by atoms with E-state index < -0.39 is 23.8 Å². The maximum absolute atomic E-state index is 14.6. The fourth-order valence-corrected chi connectivity index (χ4v) is 5.66. The Kier molecular flexibility index (Phi) is 9.06. The van der Waals surface area contributed by atoms with Crippen LogP contribution in [0, 0.1) is 5.82 Å². The number of aromatic nitrogens is 1. The Bertz CT molecular complexity index is 1210. The van der Waals surface area contributed by atoms with Crippen LogP contribution in [0.3, 0.4) is 0 Å². The second-order valence-electron chi connectivity index (χ2n) is 8.64. The normalized spacial score (nSPS) is 22.4. The molecule has 9 nitrogen and oxygen atoms in total. The largest absolute Gasteiger partial charge is 0.481 e. The summed E-state index contributed by atoms with van der Waals surface area (Å²) in [6.45, 7) is 5.11. The summed E-state index contributed by atoms with van der Waals surface area (Å²) in [4.78, 5) is 35.9. The van der Waals surface area contributed by atoms with E-state index in [1.165, 1.54) is 17.4 Å². The molecule has 2 aromatic rings. The molecule has 1 fully saturated rings. The van der Waals surface area contributed by atoms with Crippen molar-refractivity contribution in [3.8, 4) is 0 Å². The van der Waals surface area contributed by atoms with Gasteiger partial charge in [0.2, 0.25) is 0 Å². The van der Waals surface area contributed by atoms with Crippen LogP contribution >= 0.6 is 27.3 Å². The van der Waals surface area contributed by atoms with Crippen LogP contribution in [-0.2, 0) is 19.1 Å². The summed E-state index contributed by atoms with van der Waals surface area (Å²) in [5.74, 6) is -1.45. The Balaban J connectivity index is 1.80. The standard InChI is InChI=1S/C25H28BrFN4O5S/c1-3-35-25(34)20-17(13-31-10-11-36-14(2)18(31)7-8-19(32)33)29-23(24-28-9-12-37-24)30-22(20)15-5-4-6-16(27)21(15)26/h4-6,9,12,14,18,22H,3,7-8,10-11,13H2,1-2H3,(H,29,30)(H,32,33)/t14-,18-,22+/m1/s1. The number of rotatable bonds is 9. The van der Waals surface area contributed by atoms with Gasteiger partial charge >= 0.3 is 11.9 Å². The number of ether oxygens (including phenoxy) is 2. The van der Waals surface area contributed by atoms with Crippen molar-refractivity contribution in [3.63, 3.8) is 0 Å². The molecule has 0 spiro atoms. The SMILES string of the molecule is CCOC(=O)C1=C(CN2CCO[C@H](C)[C@H]2CCC(=O)O)NC(c2nccs2)=N[C@H]1c1cccc(F)c1Br. The van der Waals surface area contributed by atoms with Crippen LogP contribution in [0.2, 0.25) is 0 Å². The molecule has 3 atom stereocenters. The molecule has 0 saturated carbocycles. The molecule has 198 valence electrons. The number of esters is 1. The molecule has 0 aliphatic carbocycles. The number of amidine groups is 1. The minimum Gasteiger partial charge on any atom is -0.481 e. The summed E-state index contributed by atoms with van der Waals surface area (Å²) >= 11 is 4.72. The smallest absolute Gasteiger partial charge is 0.338 e. The number of nitrogens with one attached hydrogen (secondary N) is 1. The van der Waals surface area contributed by atoms with Gasteiger partial charge in [0, 0.05) is 42.8 Å². The number of carboxylic acid groups (broad SMARTS) is 1. The highest BCUT2D eigenvalue weighted by atomic mass is 79.9. The van der Waals surface area contributed by atoms with Crippen LogP contribution in [0.1, 0.15) is 43.3 Å². The zero-order chi connectivity index (χ0) is 26.5. The number of benzene rings is 1. The van der Waals surface area contributed by atoms with Crippen molar-refractivity contribution >= 4 is 45.0 Å². The number of carbonyl (C=O) groups excluding carboxylic acids is 1. The third-order valence-electron chi connectivity index (χ3n) is 6.32. The zero-order valence-electron chi connectivity index (χ0n) is 20.4. The molecule has 0 unspecified atom stereocenters. The molecule has 1 aromatic carbocycles. The highest BCUT2D eigenvalue weighted by molar-refractivity contribution is 9.10. The Morgan fingerprint density at radius 3 is 2.92 bits per heavy atom. The molecule has 1 aromatic heterocycles. The molecule has 2 aliphatic heterocycles. The van der Waals surface area contributed by atoms with E-state index in [9.17, 15) is 19.1 Å². The predicted octanol–water partition coefficient (Wildman–Crippen LogP) is 3.91. The average molecular weight is 595 g/mol. The number of hydrogen-bond acceptors (Lipinski definition) is 9. The van der Waals surface area contributed by atoms with E-state index in [0.717, 1.165) is 0 Å². The number of carbonyl (C=O) groups is 2. The van der Waals surface area contributed by atoms with E-state index in [4.69, 9.17) is 14.5 Å². The van der Waals surface area contributed by atoms with Crippen molar-refractivity contribution in [2.45, 2.75) is 44.9 Å². The third-order valence-corrected chi connectivity index (χ3v) is 7.93. The van der Waals surface area contributed by atoms with Gasteiger partial charge < -0.3 is 19.9 Å². The average Bonchev–Trinajstić information content (AvgIpc) is 3.40. The number of morpholine rings is 1. The highest BCUT2D eigenvalue weighted by Crippen LogP contribution is 2.38. The van der Waals surface area contributed by atoms with E-state index in [1.807, 2.05) is 12.3 Å². The summed E-state index contributed by atoms with van der Waals surface area (Å²) in [7, 11) is 0. The number of hydrogen-bond donors (Lipinski definition) is 2. The minimum atomic E-state index is -0.880. The van der Waals surface area contributed by atoms with Crippen molar-refractivity contribution in [2.75, 3.05) is 26.3 Å². The molecular weight excluding hydrogens is 567 g/mol. The van der Waals surface area contributed by atoms with Crippen molar-refractivity contribution in [1.82, 2.24) is 15.2 Å². The van der Waals surface area contributed by atoms with Crippen LogP contribution in [0.15, 0.2) is 50.5 Å². The lowest BCUT2D eigenvalue weighted by atomic mass is 9.94. The van der Waals surface area contributed by atoms with Crippen molar-refractivity contribution in [1.29, 1.82) is 0 Å². The van der Waals surface area contributed by atoms with Gasteiger partial charge in [-0.15, -0.1) is 11.3 Å². The monoisotopic (exact) mass is 594 g/mol.